The molecule has 0 radical (unpaired) electrons. The number of hydrazone groups is 1. The number of nitrogens with zero attached hydrogens (tertiary/aromatic N) is 2. The number of amidine groups is 1. The van der Waals surface area contributed by atoms with Crippen LogP contribution in [0.15, 0.2) is 47.7 Å². The molecule has 19 heavy (non-hydrogen) atoms. The van der Waals surface area contributed by atoms with Gasteiger partial charge in [0.2, 0.25) is 0 Å². The Kier molecular flexibility index (Phi) is 5.54. The van der Waals surface area contributed by atoms with Crippen molar-refractivity contribution >= 4 is 5.84 Å². The lowest BCUT2D eigenvalue weighted by molar-refractivity contribution is 1.22. The maximum absolute atomic E-state index is 5.76. The summed E-state index contributed by atoms with van der Waals surface area (Å²) in [4.78, 5) is 4.37. The number of aryl methyl sites for hydroxylation is 1. The lowest BCUT2D eigenvalue weighted by atomic mass is 10.0. The molecule has 0 aliphatic rings. The van der Waals surface area contributed by atoms with Crippen LogP contribution in [-0.4, -0.2) is 10.8 Å². The van der Waals surface area contributed by atoms with Crippen LogP contribution in [0.3, 0.4) is 0 Å². The van der Waals surface area contributed by atoms with Gasteiger partial charge in [0.25, 0.3) is 0 Å². The van der Waals surface area contributed by atoms with Crippen LogP contribution in [0, 0.1) is 6.92 Å². The van der Waals surface area contributed by atoms with Gasteiger partial charge in [-0.2, -0.15) is 5.10 Å². The fraction of sp³-hybridized carbons (Fsp3) is 0.200. The first kappa shape index (κ1) is 14.7. The molecular weight excluding hydrogens is 236 g/mol. The summed E-state index contributed by atoms with van der Waals surface area (Å²) >= 11 is 0. The van der Waals surface area contributed by atoms with Crippen molar-refractivity contribution in [3.63, 3.8) is 0 Å². The van der Waals surface area contributed by atoms with Gasteiger partial charge < -0.3 is 11.6 Å². The monoisotopic (exact) mass is 256 g/mol. The first-order valence-corrected chi connectivity index (χ1v) is 6.28. The molecule has 0 atom stereocenters. The van der Waals surface area contributed by atoms with Gasteiger partial charge in [0.15, 0.2) is 5.84 Å². The summed E-state index contributed by atoms with van der Waals surface area (Å²) < 4.78 is 0. The molecule has 4 N–H and O–H groups in total. The van der Waals surface area contributed by atoms with Crippen molar-refractivity contribution in [2.75, 3.05) is 0 Å². The summed E-state index contributed by atoms with van der Waals surface area (Å²) in [6.07, 6.45) is 1.82. The summed E-state index contributed by atoms with van der Waals surface area (Å²) in [5.41, 5.74) is 9.46. The lowest BCUT2D eigenvalue weighted by Gasteiger charge is -2.07. The Morgan fingerprint density at radius 1 is 1.11 bits per heavy atom. The molecule has 0 amide bonds. The average molecular weight is 256 g/mol. The summed E-state index contributed by atoms with van der Waals surface area (Å²) in [6.45, 7) is 6.00. The molecule has 1 heterocycles. The van der Waals surface area contributed by atoms with Gasteiger partial charge >= 0.3 is 0 Å². The quantitative estimate of drug-likeness (QED) is 0.375. The van der Waals surface area contributed by atoms with E-state index in [9.17, 15) is 0 Å². The Morgan fingerprint density at radius 2 is 1.79 bits per heavy atom. The number of rotatable bonds is 2. The maximum atomic E-state index is 5.76. The zero-order chi connectivity index (χ0) is 14.3. The Morgan fingerprint density at radius 3 is 2.37 bits per heavy atom. The van der Waals surface area contributed by atoms with Crippen LogP contribution in [0.4, 0.5) is 0 Å². The number of aromatic nitrogens is 1. The van der Waals surface area contributed by atoms with Crippen molar-refractivity contribution in [2.45, 2.75) is 20.8 Å². The predicted octanol–water partition coefficient (Wildman–Crippen LogP) is 2.66. The molecule has 0 unspecified atom stereocenters. The Bertz CT molecular complexity index is 544. The molecule has 1 aromatic heterocycles. The topological polar surface area (TPSA) is 77.3 Å². The third kappa shape index (κ3) is 3.55. The van der Waals surface area contributed by atoms with Gasteiger partial charge in [-0.1, -0.05) is 44.2 Å². The molecular formula is C15H20N4. The molecule has 4 nitrogen and oxygen atoms in total. The Labute approximate surface area is 114 Å². The number of hydrogen-bond donors (Lipinski definition) is 2. The normalized spacial score (nSPS) is 10.6. The molecule has 0 spiro atoms. The van der Waals surface area contributed by atoms with E-state index in [1.54, 1.807) is 0 Å². The zero-order valence-corrected chi connectivity index (χ0v) is 11.6. The number of nitrogens with two attached hydrogens (primary N) is 2. The van der Waals surface area contributed by atoms with E-state index >= 15 is 0 Å². The third-order valence-electron chi connectivity index (χ3n) is 2.53. The van der Waals surface area contributed by atoms with Crippen molar-refractivity contribution in [3.8, 4) is 11.3 Å². The van der Waals surface area contributed by atoms with Gasteiger partial charge in [0, 0.05) is 17.3 Å². The first-order valence-electron chi connectivity index (χ1n) is 6.28. The molecule has 2 aromatic rings. The van der Waals surface area contributed by atoms with Crippen LogP contribution in [-0.2, 0) is 0 Å². The average Bonchev–Trinajstić information content (AvgIpc) is 2.49. The van der Waals surface area contributed by atoms with Crippen molar-refractivity contribution in [1.82, 2.24) is 4.98 Å². The van der Waals surface area contributed by atoms with E-state index in [1.807, 2.05) is 63.4 Å². The maximum Gasteiger partial charge on any atom is 0.150 e. The Hall–Kier alpha value is -2.36. The SMILES string of the molecule is CC.Cc1ccc(-c2ccccc2/C(N)=N/N)nc1. The lowest BCUT2D eigenvalue weighted by Crippen LogP contribution is -2.16. The summed E-state index contributed by atoms with van der Waals surface area (Å²) in [5.74, 6) is 5.53. The highest BCUT2D eigenvalue weighted by Crippen LogP contribution is 2.21. The van der Waals surface area contributed by atoms with Gasteiger partial charge in [0.05, 0.1) is 5.69 Å². The van der Waals surface area contributed by atoms with Crippen LogP contribution in [0.25, 0.3) is 11.3 Å². The van der Waals surface area contributed by atoms with Gasteiger partial charge in [-0.05, 0) is 18.6 Å². The first-order chi connectivity index (χ1) is 9.22. The fourth-order valence-corrected chi connectivity index (χ4v) is 1.63. The molecule has 1 aromatic carbocycles. The second-order valence-electron chi connectivity index (χ2n) is 3.78. The number of benzene rings is 1. The minimum Gasteiger partial charge on any atom is -0.382 e. The summed E-state index contributed by atoms with van der Waals surface area (Å²) in [7, 11) is 0. The minimum absolute atomic E-state index is 0.308. The smallest absolute Gasteiger partial charge is 0.150 e. The van der Waals surface area contributed by atoms with Crippen LogP contribution in [0.5, 0.6) is 0 Å². The van der Waals surface area contributed by atoms with Crippen molar-refractivity contribution in [2.24, 2.45) is 16.7 Å². The van der Waals surface area contributed by atoms with E-state index in [-0.39, 0.29) is 0 Å². The van der Waals surface area contributed by atoms with E-state index in [0.29, 0.717) is 5.84 Å². The molecule has 0 bridgehead atoms. The second-order valence-corrected chi connectivity index (χ2v) is 3.78. The summed E-state index contributed by atoms with van der Waals surface area (Å²) in [6, 6.07) is 11.6. The van der Waals surface area contributed by atoms with E-state index in [4.69, 9.17) is 11.6 Å². The number of pyridine rings is 1. The van der Waals surface area contributed by atoms with Crippen molar-refractivity contribution in [3.05, 3.63) is 53.7 Å². The van der Waals surface area contributed by atoms with Crippen molar-refractivity contribution in [1.29, 1.82) is 0 Å². The number of hydrogen-bond acceptors (Lipinski definition) is 3. The third-order valence-corrected chi connectivity index (χ3v) is 2.53. The van der Waals surface area contributed by atoms with Crippen molar-refractivity contribution < 1.29 is 0 Å². The molecule has 2 rings (SSSR count). The standard InChI is InChI=1S/C13H14N4.C2H6/c1-9-6-7-12(16-8-9)10-4-2-3-5-11(10)13(14)17-15;1-2/h2-8H,15H2,1H3,(H2,14,17);1-2H3. The van der Waals surface area contributed by atoms with Gasteiger partial charge in [0.1, 0.15) is 0 Å². The van der Waals surface area contributed by atoms with E-state index in [0.717, 1.165) is 22.4 Å². The van der Waals surface area contributed by atoms with Gasteiger partial charge in [-0.15, -0.1) is 0 Å². The van der Waals surface area contributed by atoms with Gasteiger partial charge in [-0.25, -0.2) is 0 Å². The highest BCUT2D eigenvalue weighted by molar-refractivity contribution is 6.02. The fourth-order valence-electron chi connectivity index (χ4n) is 1.63. The molecule has 0 aliphatic carbocycles. The molecule has 0 aliphatic heterocycles. The molecule has 100 valence electrons. The highest BCUT2D eigenvalue weighted by Gasteiger charge is 2.08. The Balaban J connectivity index is 0.000000861. The van der Waals surface area contributed by atoms with Crippen LogP contribution in [0.2, 0.25) is 0 Å². The van der Waals surface area contributed by atoms with Crippen LogP contribution < -0.4 is 11.6 Å². The minimum atomic E-state index is 0.308. The summed E-state index contributed by atoms with van der Waals surface area (Å²) in [5, 5.41) is 3.53. The van der Waals surface area contributed by atoms with Crippen LogP contribution in [0.1, 0.15) is 25.0 Å². The second kappa shape index (κ2) is 7.16. The van der Waals surface area contributed by atoms with E-state index < -0.39 is 0 Å². The van der Waals surface area contributed by atoms with Crippen LogP contribution >= 0.6 is 0 Å². The highest BCUT2D eigenvalue weighted by atomic mass is 15.2. The molecule has 0 saturated heterocycles. The van der Waals surface area contributed by atoms with Gasteiger partial charge in [-0.3, -0.25) is 4.98 Å². The molecule has 4 heteroatoms. The zero-order valence-electron chi connectivity index (χ0n) is 11.6. The molecule has 0 saturated carbocycles. The van der Waals surface area contributed by atoms with E-state index in [2.05, 4.69) is 10.1 Å². The molecule has 0 fully saturated rings. The van der Waals surface area contributed by atoms with E-state index in [1.165, 1.54) is 0 Å². The largest absolute Gasteiger partial charge is 0.382 e. The predicted molar refractivity (Wildman–Crippen MR) is 80.7 cm³/mol.